The van der Waals surface area contributed by atoms with E-state index in [1.165, 1.54) is 12.3 Å². The van der Waals surface area contributed by atoms with Gasteiger partial charge in [-0.25, -0.2) is 4.79 Å². The Balaban J connectivity index is 1.62. The van der Waals surface area contributed by atoms with E-state index in [2.05, 4.69) is 0 Å². The van der Waals surface area contributed by atoms with Gasteiger partial charge in [-0.1, -0.05) is 42.8 Å². The lowest BCUT2D eigenvalue weighted by Gasteiger charge is -2.11. The Labute approximate surface area is 186 Å². The summed E-state index contributed by atoms with van der Waals surface area (Å²) in [5.41, 5.74) is 4.35. The topological polar surface area (TPSA) is 65.7 Å². The van der Waals surface area contributed by atoms with Gasteiger partial charge in [-0.15, -0.1) is 0 Å². The van der Waals surface area contributed by atoms with Gasteiger partial charge in [0, 0.05) is 6.07 Å². The van der Waals surface area contributed by atoms with E-state index in [1.807, 2.05) is 64.1 Å². The van der Waals surface area contributed by atoms with Crippen LogP contribution in [0, 0.1) is 20.8 Å². The molecule has 0 N–H and O–H groups in total. The number of fused-ring (bicyclic) bond motifs is 1. The summed E-state index contributed by atoms with van der Waals surface area (Å²) in [4.78, 5) is 25.7. The number of esters is 1. The van der Waals surface area contributed by atoms with Crippen molar-refractivity contribution in [2.45, 2.75) is 34.1 Å². The van der Waals surface area contributed by atoms with E-state index in [-0.39, 0.29) is 11.2 Å². The molecular formula is C27H24O5. The molecule has 0 amide bonds. The third kappa shape index (κ3) is 4.14. The lowest BCUT2D eigenvalue weighted by Crippen LogP contribution is -2.12. The number of aryl methyl sites for hydroxylation is 4. The van der Waals surface area contributed by atoms with Crippen LogP contribution in [0.15, 0.2) is 70.1 Å². The maximum Gasteiger partial charge on any atom is 0.344 e. The van der Waals surface area contributed by atoms with E-state index in [9.17, 15) is 9.59 Å². The molecule has 0 fully saturated rings. The van der Waals surface area contributed by atoms with Crippen molar-refractivity contribution in [1.82, 2.24) is 0 Å². The van der Waals surface area contributed by atoms with Crippen LogP contribution < -0.4 is 14.9 Å². The van der Waals surface area contributed by atoms with Crippen molar-refractivity contribution in [1.29, 1.82) is 0 Å². The molecule has 0 aliphatic carbocycles. The van der Waals surface area contributed by atoms with Crippen LogP contribution in [0.1, 0.15) is 39.5 Å². The fourth-order valence-electron chi connectivity index (χ4n) is 3.90. The highest BCUT2D eigenvalue weighted by Gasteiger charge is 2.17. The summed E-state index contributed by atoms with van der Waals surface area (Å²) < 4.78 is 17.1. The van der Waals surface area contributed by atoms with Crippen LogP contribution >= 0.6 is 0 Å². The van der Waals surface area contributed by atoms with E-state index in [0.717, 1.165) is 28.7 Å². The van der Waals surface area contributed by atoms with E-state index in [1.54, 1.807) is 12.1 Å². The molecule has 4 aromatic rings. The minimum atomic E-state index is -0.446. The summed E-state index contributed by atoms with van der Waals surface area (Å²) in [5, 5.41) is 0.346. The molecule has 5 heteroatoms. The molecule has 1 aromatic heterocycles. The van der Waals surface area contributed by atoms with Crippen molar-refractivity contribution < 1.29 is 18.7 Å². The summed E-state index contributed by atoms with van der Waals surface area (Å²) in [5.74, 6) is 0.581. The Bertz CT molecular complexity index is 1360. The van der Waals surface area contributed by atoms with Gasteiger partial charge in [0.25, 0.3) is 0 Å². The van der Waals surface area contributed by atoms with Crippen molar-refractivity contribution >= 4 is 16.9 Å². The molecule has 1 heterocycles. The third-order valence-corrected chi connectivity index (χ3v) is 5.38. The van der Waals surface area contributed by atoms with E-state index < -0.39 is 5.97 Å². The summed E-state index contributed by atoms with van der Waals surface area (Å²) in [6, 6.07) is 16.2. The predicted octanol–water partition coefficient (Wildman–Crippen LogP) is 6.29. The van der Waals surface area contributed by atoms with Crippen LogP contribution in [0.4, 0.5) is 0 Å². The van der Waals surface area contributed by atoms with Crippen LogP contribution in [0.5, 0.6) is 17.2 Å². The van der Waals surface area contributed by atoms with Crippen molar-refractivity contribution in [3.63, 3.8) is 0 Å². The second-order valence-electron chi connectivity index (χ2n) is 7.81. The number of benzene rings is 3. The Kier molecular flexibility index (Phi) is 5.82. The first-order valence-electron chi connectivity index (χ1n) is 10.5. The number of hydrogen-bond acceptors (Lipinski definition) is 5. The molecule has 4 rings (SSSR count). The summed E-state index contributed by atoms with van der Waals surface area (Å²) in [6.07, 6.45) is 2.07. The Morgan fingerprint density at radius 2 is 1.66 bits per heavy atom. The van der Waals surface area contributed by atoms with Crippen LogP contribution in [0.3, 0.4) is 0 Å². The van der Waals surface area contributed by atoms with Crippen molar-refractivity contribution in [2.24, 2.45) is 0 Å². The normalized spacial score (nSPS) is 10.9. The van der Waals surface area contributed by atoms with Crippen molar-refractivity contribution in [3.8, 4) is 17.2 Å². The van der Waals surface area contributed by atoms with E-state index >= 15 is 0 Å². The lowest BCUT2D eigenvalue weighted by atomic mass is 10.00. The fraction of sp³-hybridized carbons (Fsp3) is 0.185. The van der Waals surface area contributed by atoms with Crippen molar-refractivity contribution in [2.75, 3.05) is 0 Å². The zero-order chi connectivity index (χ0) is 22.8. The monoisotopic (exact) mass is 428 g/mol. The fourth-order valence-corrected chi connectivity index (χ4v) is 3.90. The molecule has 0 aliphatic heterocycles. The highest BCUT2D eigenvalue weighted by molar-refractivity contribution is 5.94. The number of carbonyl (C=O) groups excluding carboxylic acids is 1. The first kappa shape index (κ1) is 21.4. The maximum atomic E-state index is 12.9. The van der Waals surface area contributed by atoms with Crippen LogP contribution in [0.25, 0.3) is 11.0 Å². The van der Waals surface area contributed by atoms with Gasteiger partial charge in [-0.05, 0) is 62.1 Å². The average Bonchev–Trinajstić information content (AvgIpc) is 2.75. The Morgan fingerprint density at radius 1 is 0.938 bits per heavy atom. The molecule has 0 aliphatic rings. The van der Waals surface area contributed by atoms with E-state index in [4.69, 9.17) is 13.9 Å². The molecule has 162 valence electrons. The zero-order valence-electron chi connectivity index (χ0n) is 18.5. The molecule has 0 saturated carbocycles. The van der Waals surface area contributed by atoms with Gasteiger partial charge in [0.1, 0.15) is 23.3 Å². The van der Waals surface area contributed by atoms with Crippen molar-refractivity contribution in [3.05, 3.63) is 98.9 Å². The molecule has 5 nitrogen and oxygen atoms in total. The standard InChI is InChI=1S/C27H24O5/c1-5-19-8-6-7-9-22(19)32-24-15-30-23-14-20(10-11-21(23)26(24)28)31-27(29)25-17(3)12-16(2)13-18(25)4/h6-15H,5H2,1-4H3. The molecule has 0 spiro atoms. The molecule has 0 bridgehead atoms. The Hall–Kier alpha value is -3.86. The molecular weight excluding hydrogens is 404 g/mol. The van der Waals surface area contributed by atoms with Crippen LogP contribution in [-0.2, 0) is 6.42 Å². The van der Waals surface area contributed by atoms with Crippen LogP contribution in [-0.4, -0.2) is 5.97 Å². The average molecular weight is 428 g/mol. The van der Waals surface area contributed by atoms with Gasteiger partial charge >= 0.3 is 5.97 Å². The largest absolute Gasteiger partial charge is 0.460 e. The second kappa shape index (κ2) is 8.71. The number of carbonyl (C=O) groups is 1. The Morgan fingerprint density at radius 3 is 2.38 bits per heavy atom. The maximum absolute atomic E-state index is 12.9. The van der Waals surface area contributed by atoms with Gasteiger partial charge in [-0.2, -0.15) is 0 Å². The number of rotatable bonds is 5. The van der Waals surface area contributed by atoms with Gasteiger partial charge in [0.15, 0.2) is 0 Å². The molecule has 0 radical (unpaired) electrons. The quantitative estimate of drug-likeness (QED) is 0.276. The number of hydrogen-bond donors (Lipinski definition) is 0. The third-order valence-electron chi connectivity index (χ3n) is 5.38. The van der Waals surface area contributed by atoms with Gasteiger partial charge in [-0.3, -0.25) is 4.79 Å². The highest BCUT2D eigenvalue weighted by Crippen LogP contribution is 2.27. The molecule has 32 heavy (non-hydrogen) atoms. The van der Waals surface area contributed by atoms with Crippen LogP contribution in [0.2, 0.25) is 0 Å². The minimum absolute atomic E-state index is 0.106. The van der Waals surface area contributed by atoms with Gasteiger partial charge < -0.3 is 13.9 Å². The first-order chi connectivity index (χ1) is 15.4. The van der Waals surface area contributed by atoms with Gasteiger partial charge in [0.2, 0.25) is 11.2 Å². The van der Waals surface area contributed by atoms with E-state index in [0.29, 0.717) is 28.0 Å². The second-order valence-corrected chi connectivity index (χ2v) is 7.81. The highest BCUT2D eigenvalue weighted by atomic mass is 16.5. The summed E-state index contributed by atoms with van der Waals surface area (Å²) in [7, 11) is 0. The lowest BCUT2D eigenvalue weighted by molar-refractivity contribution is 0.0733. The summed E-state index contributed by atoms with van der Waals surface area (Å²) in [6.45, 7) is 7.77. The molecule has 0 atom stereocenters. The first-order valence-corrected chi connectivity index (χ1v) is 10.5. The molecule has 3 aromatic carbocycles. The number of para-hydroxylation sites is 1. The smallest absolute Gasteiger partial charge is 0.344 e. The zero-order valence-corrected chi connectivity index (χ0v) is 18.5. The minimum Gasteiger partial charge on any atom is -0.460 e. The van der Waals surface area contributed by atoms with Gasteiger partial charge in [0.05, 0.1) is 10.9 Å². The number of ether oxygens (including phenoxy) is 2. The SMILES string of the molecule is CCc1ccccc1Oc1coc2cc(OC(=O)c3c(C)cc(C)cc3C)ccc2c1=O. The predicted molar refractivity (Wildman–Crippen MR) is 124 cm³/mol. The molecule has 0 saturated heterocycles. The summed E-state index contributed by atoms with van der Waals surface area (Å²) >= 11 is 0. The molecule has 0 unspecified atom stereocenters.